The molecular weight excluding hydrogens is 191 g/mol. The van der Waals surface area contributed by atoms with E-state index in [9.17, 15) is 4.39 Å². The number of halogens is 1. The van der Waals surface area contributed by atoms with Crippen molar-refractivity contribution in [2.75, 3.05) is 6.54 Å². The summed E-state index contributed by atoms with van der Waals surface area (Å²) in [6.45, 7) is 4.94. The number of nitriles is 1. The standard InChI is InChI=1S/C12H15FN2/c1-9(6-14)7-15-8-11-3-4-12(13)10(2)5-11/h3-5,9,15H,7-8H2,1-2H3. The first-order chi connectivity index (χ1) is 7.13. The van der Waals surface area contributed by atoms with E-state index in [1.165, 1.54) is 6.07 Å². The molecule has 0 fully saturated rings. The summed E-state index contributed by atoms with van der Waals surface area (Å²) in [6, 6.07) is 7.20. The largest absolute Gasteiger partial charge is 0.311 e. The fourth-order valence-electron chi connectivity index (χ4n) is 1.30. The summed E-state index contributed by atoms with van der Waals surface area (Å²) < 4.78 is 12.9. The van der Waals surface area contributed by atoms with Crippen LogP contribution in [0.25, 0.3) is 0 Å². The highest BCUT2D eigenvalue weighted by molar-refractivity contribution is 5.23. The van der Waals surface area contributed by atoms with Gasteiger partial charge in [0.25, 0.3) is 0 Å². The van der Waals surface area contributed by atoms with Crippen LogP contribution in [0.5, 0.6) is 0 Å². The van der Waals surface area contributed by atoms with Crippen LogP contribution >= 0.6 is 0 Å². The van der Waals surface area contributed by atoms with Crippen molar-refractivity contribution < 1.29 is 4.39 Å². The van der Waals surface area contributed by atoms with Crippen molar-refractivity contribution >= 4 is 0 Å². The minimum atomic E-state index is -0.177. The Bertz CT molecular complexity index is 368. The topological polar surface area (TPSA) is 35.8 Å². The van der Waals surface area contributed by atoms with Gasteiger partial charge in [-0.15, -0.1) is 0 Å². The number of hydrogen-bond donors (Lipinski definition) is 1. The maximum absolute atomic E-state index is 12.9. The maximum atomic E-state index is 12.9. The maximum Gasteiger partial charge on any atom is 0.126 e. The Labute approximate surface area is 89.7 Å². The van der Waals surface area contributed by atoms with E-state index in [-0.39, 0.29) is 11.7 Å². The third kappa shape index (κ3) is 3.69. The number of hydrogen-bond acceptors (Lipinski definition) is 2. The molecule has 0 spiro atoms. The van der Waals surface area contributed by atoms with Crippen LogP contribution in [0.3, 0.4) is 0 Å². The number of nitrogens with zero attached hydrogens (tertiary/aromatic N) is 1. The van der Waals surface area contributed by atoms with Gasteiger partial charge in [0, 0.05) is 13.1 Å². The Hall–Kier alpha value is -1.40. The molecule has 1 rings (SSSR count). The van der Waals surface area contributed by atoms with Crippen LogP contribution < -0.4 is 5.32 Å². The van der Waals surface area contributed by atoms with Gasteiger partial charge in [0.1, 0.15) is 5.82 Å². The molecule has 0 aliphatic heterocycles. The van der Waals surface area contributed by atoms with Gasteiger partial charge >= 0.3 is 0 Å². The molecule has 0 heterocycles. The van der Waals surface area contributed by atoms with E-state index in [1.807, 2.05) is 13.0 Å². The summed E-state index contributed by atoms with van der Waals surface area (Å²) in [5.74, 6) is -0.171. The molecule has 15 heavy (non-hydrogen) atoms. The second-order valence-corrected chi connectivity index (χ2v) is 3.74. The first kappa shape index (κ1) is 11.7. The third-order valence-corrected chi connectivity index (χ3v) is 2.22. The molecule has 0 saturated heterocycles. The zero-order chi connectivity index (χ0) is 11.3. The van der Waals surface area contributed by atoms with Crippen molar-refractivity contribution in [1.29, 1.82) is 5.26 Å². The van der Waals surface area contributed by atoms with E-state index >= 15 is 0 Å². The van der Waals surface area contributed by atoms with Crippen LogP contribution in [0, 0.1) is 30.0 Å². The minimum absolute atomic E-state index is 0.00606. The van der Waals surface area contributed by atoms with Crippen molar-refractivity contribution in [2.45, 2.75) is 20.4 Å². The van der Waals surface area contributed by atoms with Gasteiger partial charge in [-0.2, -0.15) is 5.26 Å². The Morgan fingerprint density at radius 2 is 2.27 bits per heavy atom. The molecular formula is C12H15FN2. The van der Waals surface area contributed by atoms with Crippen molar-refractivity contribution in [3.05, 3.63) is 35.1 Å². The summed E-state index contributed by atoms with van der Waals surface area (Å²) in [5.41, 5.74) is 1.70. The Kier molecular flexibility index (Phi) is 4.26. The molecule has 0 aromatic heterocycles. The minimum Gasteiger partial charge on any atom is -0.311 e. The Morgan fingerprint density at radius 1 is 1.53 bits per heavy atom. The van der Waals surface area contributed by atoms with Gasteiger partial charge in [-0.1, -0.05) is 12.1 Å². The molecule has 1 aromatic rings. The average molecular weight is 206 g/mol. The van der Waals surface area contributed by atoms with Crippen molar-refractivity contribution in [2.24, 2.45) is 5.92 Å². The second kappa shape index (κ2) is 5.47. The summed E-state index contributed by atoms with van der Waals surface area (Å²) in [6.07, 6.45) is 0. The summed E-state index contributed by atoms with van der Waals surface area (Å²) in [5, 5.41) is 11.7. The van der Waals surface area contributed by atoms with Gasteiger partial charge in [-0.25, -0.2) is 4.39 Å². The van der Waals surface area contributed by atoms with Crippen molar-refractivity contribution in [1.82, 2.24) is 5.32 Å². The molecule has 0 aliphatic rings. The monoisotopic (exact) mass is 206 g/mol. The van der Waals surface area contributed by atoms with E-state index in [0.717, 1.165) is 5.56 Å². The van der Waals surface area contributed by atoms with E-state index in [1.54, 1.807) is 13.0 Å². The lowest BCUT2D eigenvalue weighted by Crippen LogP contribution is -2.19. The van der Waals surface area contributed by atoms with Gasteiger partial charge in [-0.05, 0) is 31.0 Å². The highest BCUT2D eigenvalue weighted by atomic mass is 19.1. The molecule has 1 N–H and O–H groups in total. The predicted octanol–water partition coefficient (Wildman–Crippen LogP) is 2.38. The molecule has 2 nitrogen and oxygen atoms in total. The number of benzene rings is 1. The lowest BCUT2D eigenvalue weighted by atomic mass is 10.1. The van der Waals surface area contributed by atoms with Crippen molar-refractivity contribution in [3.63, 3.8) is 0 Å². The van der Waals surface area contributed by atoms with Gasteiger partial charge in [0.05, 0.1) is 12.0 Å². The van der Waals surface area contributed by atoms with Crippen LogP contribution in [-0.2, 0) is 6.54 Å². The van der Waals surface area contributed by atoms with E-state index < -0.39 is 0 Å². The fraction of sp³-hybridized carbons (Fsp3) is 0.417. The molecule has 0 saturated carbocycles. The fourth-order valence-corrected chi connectivity index (χ4v) is 1.30. The first-order valence-electron chi connectivity index (χ1n) is 4.99. The van der Waals surface area contributed by atoms with Crippen LogP contribution in [0.2, 0.25) is 0 Å². The molecule has 1 unspecified atom stereocenters. The molecule has 3 heteroatoms. The quantitative estimate of drug-likeness (QED) is 0.821. The number of aryl methyl sites for hydroxylation is 1. The van der Waals surface area contributed by atoms with Gasteiger partial charge in [-0.3, -0.25) is 0 Å². The molecule has 1 aromatic carbocycles. The van der Waals surface area contributed by atoms with E-state index in [0.29, 0.717) is 18.7 Å². The predicted molar refractivity (Wildman–Crippen MR) is 57.6 cm³/mol. The molecule has 0 aliphatic carbocycles. The zero-order valence-corrected chi connectivity index (χ0v) is 9.05. The smallest absolute Gasteiger partial charge is 0.126 e. The van der Waals surface area contributed by atoms with Gasteiger partial charge in [0.2, 0.25) is 0 Å². The van der Waals surface area contributed by atoms with E-state index in [2.05, 4.69) is 11.4 Å². The number of nitrogens with one attached hydrogen (secondary N) is 1. The zero-order valence-electron chi connectivity index (χ0n) is 9.05. The highest BCUT2D eigenvalue weighted by Gasteiger charge is 2.00. The Morgan fingerprint density at radius 3 is 2.87 bits per heavy atom. The first-order valence-corrected chi connectivity index (χ1v) is 4.99. The molecule has 80 valence electrons. The van der Waals surface area contributed by atoms with Gasteiger partial charge in [0.15, 0.2) is 0 Å². The van der Waals surface area contributed by atoms with Gasteiger partial charge < -0.3 is 5.32 Å². The van der Waals surface area contributed by atoms with Crippen molar-refractivity contribution in [3.8, 4) is 6.07 Å². The molecule has 0 amide bonds. The third-order valence-electron chi connectivity index (χ3n) is 2.22. The lowest BCUT2D eigenvalue weighted by molar-refractivity contribution is 0.596. The normalized spacial score (nSPS) is 12.1. The molecule has 1 atom stereocenters. The molecule has 0 radical (unpaired) electrons. The van der Waals surface area contributed by atoms with E-state index in [4.69, 9.17) is 5.26 Å². The SMILES string of the molecule is Cc1cc(CNCC(C)C#N)ccc1F. The summed E-state index contributed by atoms with van der Waals surface area (Å²) in [7, 11) is 0. The Balaban J connectivity index is 2.45. The van der Waals surface area contributed by atoms with Crippen LogP contribution in [0.1, 0.15) is 18.1 Å². The number of rotatable bonds is 4. The van der Waals surface area contributed by atoms with Crippen LogP contribution in [0.4, 0.5) is 4.39 Å². The second-order valence-electron chi connectivity index (χ2n) is 3.74. The summed E-state index contributed by atoms with van der Waals surface area (Å²) >= 11 is 0. The van der Waals surface area contributed by atoms with Crippen LogP contribution in [-0.4, -0.2) is 6.54 Å². The summed E-state index contributed by atoms with van der Waals surface area (Å²) in [4.78, 5) is 0. The average Bonchev–Trinajstić information content (AvgIpc) is 2.23. The lowest BCUT2D eigenvalue weighted by Gasteiger charge is -2.06. The highest BCUT2D eigenvalue weighted by Crippen LogP contribution is 2.08. The molecule has 0 bridgehead atoms. The van der Waals surface area contributed by atoms with Crippen LogP contribution in [0.15, 0.2) is 18.2 Å².